The van der Waals surface area contributed by atoms with Crippen molar-refractivity contribution < 1.29 is 17.6 Å². The van der Waals surface area contributed by atoms with Gasteiger partial charge in [-0.25, -0.2) is 12.8 Å². The Morgan fingerprint density at radius 1 is 1.33 bits per heavy atom. The Labute approximate surface area is 137 Å². The number of amides is 1. The smallest absolute Gasteiger partial charge is 0.270 e. The van der Waals surface area contributed by atoms with Crippen LogP contribution in [0.25, 0.3) is 0 Å². The number of rotatable bonds is 4. The number of benzene rings is 1. The van der Waals surface area contributed by atoms with E-state index in [9.17, 15) is 17.6 Å². The SMILES string of the molecule is O=C(NCc1ccc(S(=O)(=O)Cl)s1)c1c(F)cccc1Br. The summed E-state index contributed by atoms with van der Waals surface area (Å²) in [5.41, 5.74) is -0.0979. The fraction of sp³-hybridized carbons (Fsp3) is 0.0833. The highest BCUT2D eigenvalue weighted by molar-refractivity contribution is 9.10. The largest absolute Gasteiger partial charge is 0.347 e. The second-order valence-corrected chi connectivity index (χ2v) is 8.75. The minimum absolute atomic E-state index is 0.000452. The summed E-state index contributed by atoms with van der Waals surface area (Å²) in [6.45, 7) is 0.0800. The third-order valence-corrected chi connectivity index (χ3v) is 6.33. The van der Waals surface area contributed by atoms with Gasteiger partial charge < -0.3 is 5.32 Å². The summed E-state index contributed by atoms with van der Waals surface area (Å²) < 4.78 is 36.2. The number of carbonyl (C=O) groups is 1. The van der Waals surface area contributed by atoms with E-state index in [1.165, 1.54) is 24.3 Å². The topological polar surface area (TPSA) is 63.2 Å². The van der Waals surface area contributed by atoms with Gasteiger partial charge in [0, 0.05) is 20.0 Å². The molecule has 0 spiro atoms. The molecule has 1 aromatic heterocycles. The molecule has 0 saturated heterocycles. The van der Waals surface area contributed by atoms with Crippen LogP contribution in [0.1, 0.15) is 15.2 Å². The number of thiophene rings is 1. The van der Waals surface area contributed by atoms with Crippen LogP contribution in [0.15, 0.2) is 39.0 Å². The molecule has 0 saturated carbocycles. The fourth-order valence-electron chi connectivity index (χ4n) is 1.55. The highest BCUT2D eigenvalue weighted by atomic mass is 79.9. The summed E-state index contributed by atoms with van der Waals surface area (Å²) in [4.78, 5) is 12.5. The van der Waals surface area contributed by atoms with Gasteiger partial charge in [-0.2, -0.15) is 0 Å². The van der Waals surface area contributed by atoms with Crippen molar-refractivity contribution in [2.45, 2.75) is 10.8 Å². The van der Waals surface area contributed by atoms with Crippen molar-refractivity contribution >= 4 is 52.9 Å². The Balaban J connectivity index is 2.10. The molecule has 112 valence electrons. The van der Waals surface area contributed by atoms with E-state index in [4.69, 9.17) is 10.7 Å². The Kier molecular flexibility index (Phi) is 5.03. The molecular weight excluding hydrogens is 405 g/mol. The first-order valence-electron chi connectivity index (χ1n) is 5.54. The molecule has 0 bridgehead atoms. The molecule has 4 nitrogen and oxygen atoms in total. The van der Waals surface area contributed by atoms with Crippen molar-refractivity contribution in [2.24, 2.45) is 0 Å². The molecule has 9 heteroatoms. The highest BCUT2D eigenvalue weighted by Gasteiger charge is 2.16. The lowest BCUT2D eigenvalue weighted by Gasteiger charge is -2.06. The van der Waals surface area contributed by atoms with Crippen LogP contribution < -0.4 is 5.32 Å². The Morgan fingerprint density at radius 2 is 2.05 bits per heavy atom. The second kappa shape index (κ2) is 6.43. The normalized spacial score (nSPS) is 11.4. The van der Waals surface area contributed by atoms with Gasteiger partial charge in [0.05, 0.1) is 12.1 Å². The van der Waals surface area contributed by atoms with Gasteiger partial charge >= 0.3 is 0 Å². The zero-order chi connectivity index (χ0) is 15.6. The standard InChI is InChI=1S/C12H8BrClFNO3S2/c13-8-2-1-3-9(15)11(8)12(17)16-6-7-4-5-10(20-7)21(14,18)19/h1-5H,6H2,(H,16,17). The predicted octanol–water partition coefficient (Wildman–Crippen LogP) is 3.51. The van der Waals surface area contributed by atoms with E-state index in [0.29, 0.717) is 9.35 Å². The zero-order valence-electron chi connectivity index (χ0n) is 10.3. The first-order chi connectivity index (χ1) is 9.79. The number of hydrogen-bond acceptors (Lipinski definition) is 4. The molecule has 0 aliphatic heterocycles. The molecule has 1 aromatic carbocycles. The first kappa shape index (κ1) is 16.4. The van der Waals surface area contributed by atoms with E-state index in [-0.39, 0.29) is 16.3 Å². The molecule has 1 N–H and O–H groups in total. The molecule has 1 amide bonds. The molecule has 0 aliphatic rings. The summed E-state index contributed by atoms with van der Waals surface area (Å²) in [7, 11) is 1.44. The molecule has 0 radical (unpaired) electrons. The summed E-state index contributed by atoms with van der Waals surface area (Å²) in [5, 5.41) is 2.53. The van der Waals surface area contributed by atoms with Crippen molar-refractivity contribution in [2.75, 3.05) is 0 Å². The Hall–Kier alpha value is -0.960. The molecule has 2 aromatic rings. The second-order valence-electron chi connectivity index (χ2n) is 3.94. The number of hydrogen-bond donors (Lipinski definition) is 1. The van der Waals surface area contributed by atoms with E-state index in [2.05, 4.69) is 21.2 Å². The van der Waals surface area contributed by atoms with E-state index in [0.717, 1.165) is 11.3 Å². The van der Waals surface area contributed by atoms with Crippen LogP contribution in [0.3, 0.4) is 0 Å². The molecule has 2 rings (SSSR count). The van der Waals surface area contributed by atoms with E-state index in [1.807, 2.05) is 0 Å². The third kappa shape index (κ3) is 4.03. The van der Waals surface area contributed by atoms with Gasteiger partial charge in [0.1, 0.15) is 10.0 Å². The van der Waals surface area contributed by atoms with Crippen molar-refractivity contribution in [3.05, 3.63) is 51.1 Å². The fourth-order valence-corrected chi connectivity index (χ4v) is 4.14. The van der Waals surface area contributed by atoms with Crippen LogP contribution in [0.2, 0.25) is 0 Å². The number of carbonyl (C=O) groups excluding carboxylic acids is 1. The van der Waals surface area contributed by atoms with Gasteiger partial charge in [-0.1, -0.05) is 6.07 Å². The third-order valence-electron chi connectivity index (χ3n) is 2.49. The molecule has 1 heterocycles. The quantitative estimate of drug-likeness (QED) is 0.782. The summed E-state index contributed by atoms with van der Waals surface area (Å²) in [6, 6.07) is 7.11. The minimum Gasteiger partial charge on any atom is -0.347 e. The average Bonchev–Trinajstić information content (AvgIpc) is 2.84. The maximum absolute atomic E-state index is 13.6. The van der Waals surface area contributed by atoms with Crippen LogP contribution in [0.4, 0.5) is 4.39 Å². The maximum atomic E-state index is 13.6. The molecule has 0 unspecified atom stereocenters. The molecular formula is C12H8BrClFNO3S2. The van der Waals surface area contributed by atoms with Crippen LogP contribution in [0.5, 0.6) is 0 Å². The monoisotopic (exact) mass is 411 g/mol. The van der Waals surface area contributed by atoms with Crippen LogP contribution in [-0.4, -0.2) is 14.3 Å². The van der Waals surface area contributed by atoms with Crippen molar-refractivity contribution in [1.29, 1.82) is 0 Å². The highest BCUT2D eigenvalue weighted by Crippen LogP contribution is 2.25. The van der Waals surface area contributed by atoms with Crippen molar-refractivity contribution in [1.82, 2.24) is 5.32 Å². The summed E-state index contributed by atoms with van der Waals surface area (Å²) in [6.07, 6.45) is 0. The van der Waals surface area contributed by atoms with Gasteiger partial charge in [-0.05, 0) is 40.2 Å². The van der Waals surface area contributed by atoms with Gasteiger partial charge in [-0.15, -0.1) is 11.3 Å². The van der Waals surface area contributed by atoms with E-state index < -0.39 is 20.8 Å². The molecule has 0 aliphatic carbocycles. The van der Waals surface area contributed by atoms with Gasteiger partial charge in [-0.3, -0.25) is 4.79 Å². The van der Waals surface area contributed by atoms with Gasteiger partial charge in [0.25, 0.3) is 15.0 Å². The first-order valence-corrected chi connectivity index (χ1v) is 9.46. The van der Waals surface area contributed by atoms with Crippen LogP contribution in [0, 0.1) is 5.82 Å². The lowest BCUT2D eigenvalue weighted by Crippen LogP contribution is -2.23. The van der Waals surface area contributed by atoms with Gasteiger partial charge in [0.2, 0.25) is 0 Å². The lowest BCUT2D eigenvalue weighted by atomic mass is 10.2. The van der Waals surface area contributed by atoms with Gasteiger partial charge in [0.15, 0.2) is 0 Å². The summed E-state index contributed by atoms with van der Waals surface area (Å²) >= 11 is 4.05. The average molecular weight is 413 g/mol. The molecule has 0 fully saturated rings. The van der Waals surface area contributed by atoms with Crippen LogP contribution >= 0.6 is 37.9 Å². The van der Waals surface area contributed by atoms with Crippen molar-refractivity contribution in [3.8, 4) is 0 Å². The predicted molar refractivity (Wildman–Crippen MR) is 82.6 cm³/mol. The van der Waals surface area contributed by atoms with E-state index in [1.54, 1.807) is 6.07 Å². The molecule has 0 atom stereocenters. The number of nitrogens with one attached hydrogen (secondary N) is 1. The maximum Gasteiger partial charge on any atom is 0.270 e. The Morgan fingerprint density at radius 3 is 2.62 bits per heavy atom. The molecule has 21 heavy (non-hydrogen) atoms. The Bertz CT molecular complexity index is 771. The van der Waals surface area contributed by atoms with E-state index >= 15 is 0 Å². The summed E-state index contributed by atoms with van der Waals surface area (Å²) in [5.74, 6) is -1.24. The number of halogens is 3. The minimum atomic E-state index is -3.78. The zero-order valence-corrected chi connectivity index (χ0v) is 14.2. The van der Waals surface area contributed by atoms with Crippen molar-refractivity contribution in [3.63, 3.8) is 0 Å². The van der Waals surface area contributed by atoms with Crippen LogP contribution in [-0.2, 0) is 15.6 Å². The lowest BCUT2D eigenvalue weighted by molar-refractivity contribution is 0.0946.